The highest BCUT2D eigenvalue weighted by Crippen LogP contribution is 2.18. The Balaban J connectivity index is 0.00000578. The monoisotopic (exact) mass is 530 g/mol. The second-order valence-corrected chi connectivity index (χ2v) is 8.60. The lowest BCUT2D eigenvalue weighted by Crippen LogP contribution is -3.00. The van der Waals surface area contributed by atoms with Crippen LogP contribution in [0, 0.1) is 0 Å². The molecule has 0 unspecified atom stereocenters. The normalized spacial score (nSPS) is 10.8. The second kappa shape index (κ2) is 18.2. The molecule has 0 N–H and O–H groups in total. The number of benzene rings is 1. The molecule has 5 heteroatoms. The van der Waals surface area contributed by atoms with E-state index in [0.29, 0.717) is 13.0 Å². The Kier molecular flexibility index (Phi) is 16.0. The lowest BCUT2D eigenvalue weighted by atomic mass is 10.1. The fourth-order valence-corrected chi connectivity index (χ4v) is 3.76. The first kappa shape index (κ1) is 29.9. The zero-order valence-corrected chi connectivity index (χ0v) is 22.9. The molecule has 2 rings (SSSR count). The van der Waals surface area contributed by atoms with Gasteiger partial charge in [0, 0.05) is 43.8 Å². The van der Waals surface area contributed by atoms with Crippen LogP contribution in [0.3, 0.4) is 0 Å². The Bertz CT molecular complexity index is 811. The van der Waals surface area contributed by atoms with Crippen LogP contribution in [0.15, 0.2) is 48.8 Å². The summed E-state index contributed by atoms with van der Waals surface area (Å²) < 4.78 is 7.17. The Morgan fingerprint density at radius 2 is 1.41 bits per heavy atom. The molecular formula is C29H43BrN2O2. The van der Waals surface area contributed by atoms with E-state index in [1.54, 1.807) is 0 Å². The zero-order valence-electron chi connectivity index (χ0n) is 21.3. The van der Waals surface area contributed by atoms with E-state index in [0.717, 1.165) is 38.9 Å². The SMILES string of the molecule is CCCCN(CCCC)c1ccc(/C=C/c2cc[n+](CCCCCC(=O)OCC)cc2)cc1.[Br-]. The van der Waals surface area contributed by atoms with Gasteiger partial charge in [0.15, 0.2) is 12.4 Å². The van der Waals surface area contributed by atoms with E-state index in [1.807, 2.05) is 6.92 Å². The lowest BCUT2D eigenvalue weighted by molar-refractivity contribution is -0.697. The van der Waals surface area contributed by atoms with Crippen molar-refractivity contribution in [1.82, 2.24) is 0 Å². The minimum Gasteiger partial charge on any atom is -1.00 e. The Morgan fingerprint density at radius 1 is 0.824 bits per heavy atom. The van der Waals surface area contributed by atoms with Crippen molar-refractivity contribution in [3.8, 4) is 0 Å². The predicted molar refractivity (Wildman–Crippen MR) is 139 cm³/mol. The fraction of sp³-hybridized carbons (Fsp3) is 0.517. The average Bonchev–Trinajstić information content (AvgIpc) is 2.84. The molecule has 0 amide bonds. The molecule has 1 heterocycles. The molecule has 2 aromatic rings. The molecule has 1 aromatic heterocycles. The van der Waals surface area contributed by atoms with Gasteiger partial charge in [-0.25, -0.2) is 4.57 Å². The van der Waals surface area contributed by atoms with Crippen LogP contribution in [-0.2, 0) is 16.1 Å². The number of carbonyl (C=O) groups excluding carboxylic acids is 1. The fourth-order valence-electron chi connectivity index (χ4n) is 3.76. The van der Waals surface area contributed by atoms with E-state index in [2.05, 4.69) is 84.3 Å². The summed E-state index contributed by atoms with van der Waals surface area (Å²) in [5.74, 6) is -0.0822. The van der Waals surface area contributed by atoms with Gasteiger partial charge in [0.05, 0.1) is 6.61 Å². The number of pyridine rings is 1. The minimum atomic E-state index is -0.0822. The van der Waals surface area contributed by atoms with Gasteiger partial charge in [-0.2, -0.15) is 0 Å². The highest BCUT2D eigenvalue weighted by molar-refractivity contribution is 5.70. The second-order valence-electron chi connectivity index (χ2n) is 8.60. The summed E-state index contributed by atoms with van der Waals surface area (Å²) in [5, 5.41) is 0. The van der Waals surface area contributed by atoms with Gasteiger partial charge in [-0.1, -0.05) is 51.0 Å². The molecule has 0 saturated carbocycles. The standard InChI is InChI=1S/C29H43N2O2.BrH/c1-4-7-22-31(23-8-5-2)28-17-15-26(16-18-28)13-14-27-19-24-30(25-20-27)21-11-9-10-12-29(32)33-6-3;/h13-20,24-25H,4-12,21-23H2,1-3H3;1H/q+1;/p-1. The zero-order chi connectivity index (χ0) is 23.7. The molecule has 0 aliphatic heterocycles. The summed E-state index contributed by atoms with van der Waals surface area (Å²) >= 11 is 0. The van der Waals surface area contributed by atoms with Gasteiger partial charge in [-0.3, -0.25) is 4.79 Å². The molecular weight excluding hydrogens is 488 g/mol. The molecule has 1 aromatic carbocycles. The Labute approximate surface area is 217 Å². The van der Waals surface area contributed by atoms with Crippen LogP contribution in [0.2, 0.25) is 0 Å². The van der Waals surface area contributed by atoms with Crippen LogP contribution >= 0.6 is 0 Å². The van der Waals surface area contributed by atoms with Crippen molar-refractivity contribution in [3.63, 3.8) is 0 Å². The summed E-state index contributed by atoms with van der Waals surface area (Å²) in [7, 11) is 0. The number of hydrogen-bond donors (Lipinski definition) is 0. The maximum Gasteiger partial charge on any atom is 0.305 e. The van der Waals surface area contributed by atoms with Crippen molar-refractivity contribution in [2.24, 2.45) is 0 Å². The van der Waals surface area contributed by atoms with Gasteiger partial charge in [0.2, 0.25) is 0 Å². The van der Waals surface area contributed by atoms with Crippen molar-refractivity contribution in [2.45, 2.75) is 78.7 Å². The number of halogens is 1. The summed E-state index contributed by atoms with van der Waals surface area (Å²) in [5.41, 5.74) is 3.75. The third-order valence-corrected chi connectivity index (χ3v) is 5.81. The highest BCUT2D eigenvalue weighted by atomic mass is 79.9. The van der Waals surface area contributed by atoms with Crippen molar-refractivity contribution >= 4 is 23.8 Å². The summed E-state index contributed by atoms with van der Waals surface area (Å²) in [6, 6.07) is 13.3. The van der Waals surface area contributed by atoms with E-state index in [9.17, 15) is 4.79 Å². The molecule has 0 spiro atoms. The van der Waals surface area contributed by atoms with Crippen LogP contribution < -0.4 is 26.4 Å². The molecule has 188 valence electrons. The number of rotatable bonds is 16. The molecule has 0 atom stereocenters. The first-order valence-corrected chi connectivity index (χ1v) is 12.8. The van der Waals surface area contributed by atoms with Gasteiger partial charge in [-0.05, 0) is 55.9 Å². The van der Waals surface area contributed by atoms with Crippen LogP contribution in [0.5, 0.6) is 0 Å². The van der Waals surface area contributed by atoms with Crippen molar-refractivity contribution in [2.75, 3.05) is 24.6 Å². The molecule has 0 saturated heterocycles. The smallest absolute Gasteiger partial charge is 0.305 e. The van der Waals surface area contributed by atoms with Gasteiger partial charge >= 0.3 is 5.97 Å². The third-order valence-electron chi connectivity index (χ3n) is 5.81. The van der Waals surface area contributed by atoms with Crippen molar-refractivity contribution < 1.29 is 31.1 Å². The molecule has 0 fully saturated rings. The summed E-state index contributed by atoms with van der Waals surface area (Å²) in [6.45, 7) is 10.1. The number of unbranched alkanes of at least 4 members (excludes halogenated alkanes) is 4. The van der Waals surface area contributed by atoms with E-state index in [1.165, 1.54) is 42.5 Å². The lowest BCUT2D eigenvalue weighted by Gasteiger charge is -2.24. The summed E-state index contributed by atoms with van der Waals surface area (Å²) in [4.78, 5) is 13.9. The van der Waals surface area contributed by atoms with Crippen LogP contribution in [0.1, 0.15) is 83.3 Å². The number of carbonyl (C=O) groups is 1. The van der Waals surface area contributed by atoms with Crippen LogP contribution in [0.4, 0.5) is 5.69 Å². The van der Waals surface area contributed by atoms with Crippen molar-refractivity contribution in [1.29, 1.82) is 0 Å². The maximum absolute atomic E-state index is 11.4. The first-order chi connectivity index (χ1) is 16.2. The number of aromatic nitrogens is 1. The van der Waals surface area contributed by atoms with Crippen molar-refractivity contribution in [3.05, 3.63) is 59.9 Å². The third kappa shape index (κ3) is 11.8. The van der Waals surface area contributed by atoms with Gasteiger partial charge < -0.3 is 26.6 Å². The van der Waals surface area contributed by atoms with Gasteiger partial charge in [-0.15, -0.1) is 0 Å². The molecule has 4 nitrogen and oxygen atoms in total. The van der Waals surface area contributed by atoms with Crippen LogP contribution in [-0.4, -0.2) is 25.7 Å². The maximum atomic E-state index is 11.4. The van der Waals surface area contributed by atoms with Gasteiger partial charge in [0.1, 0.15) is 6.54 Å². The van der Waals surface area contributed by atoms with E-state index < -0.39 is 0 Å². The quantitative estimate of drug-likeness (QED) is 0.188. The largest absolute Gasteiger partial charge is 1.00 e. The molecule has 0 bridgehead atoms. The van der Waals surface area contributed by atoms with E-state index >= 15 is 0 Å². The number of hydrogen-bond acceptors (Lipinski definition) is 3. The molecule has 0 radical (unpaired) electrons. The number of nitrogens with zero attached hydrogens (tertiary/aromatic N) is 2. The summed E-state index contributed by atoms with van der Waals surface area (Å²) in [6.07, 6.45) is 17.1. The molecule has 0 aliphatic carbocycles. The number of anilines is 1. The average molecular weight is 532 g/mol. The first-order valence-electron chi connectivity index (χ1n) is 12.8. The number of esters is 1. The Morgan fingerprint density at radius 3 is 1.97 bits per heavy atom. The Hall–Kier alpha value is -2.14. The highest BCUT2D eigenvalue weighted by Gasteiger charge is 2.06. The van der Waals surface area contributed by atoms with Gasteiger partial charge in [0.25, 0.3) is 0 Å². The predicted octanol–water partition coefficient (Wildman–Crippen LogP) is 3.68. The van der Waals surface area contributed by atoms with E-state index in [4.69, 9.17) is 4.74 Å². The molecule has 0 aliphatic rings. The topological polar surface area (TPSA) is 33.4 Å². The van der Waals surface area contributed by atoms with Crippen LogP contribution in [0.25, 0.3) is 12.2 Å². The molecule has 34 heavy (non-hydrogen) atoms. The van der Waals surface area contributed by atoms with E-state index in [-0.39, 0.29) is 23.0 Å². The number of ether oxygens (including phenoxy) is 1. The minimum absolute atomic E-state index is 0. The number of aryl methyl sites for hydroxylation is 1.